The number of pyridine rings is 1. The van der Waals surface area contributed by atoms with E-state index < -0.39 is 0 Å². The third-order valence-corrected chi connectivity index (χ3v) is 3.07. The topological polar surface area (TPSA) is 74.7 Å². The van der Waals surface area contributed by atoms with Crippen molar-refractivity contribution in [3.05, 3.63) is 36.5 Å². The van der Waals surface area contributed by atoms with Gasteiger partial charge in [0, 0.05) is 18.0 Å². The fraction of sp³-hybridized carbons (Fsp3) is 0.143. The van der Waals surface area contributed by atoms with Crippen molar-refractivity contribution in [2.75, 3.05) is 20.0 Å². The molecule has 2 aromatic heterocycles. The number of ether oxygens (including phenoxy) is 2. The normalized spacial score (nSPS) is 10.7. The molecule has 0 unspecified atom stereocenters. The van der Waals surface area contributed by atoms with Gasteiger partial charge in [0.1, 0.15) is 11.5 Å². The van der Waals surface area contributed by atoms with Crippen LogP contribution in [0.4, 0.5) is 5.69 Å². The van der Waals surface area contributed by atoms with Gasteiger partial charge in [-0.2, -0.15) is 0 Å². The molecule has 0 atom stereocenters. The Bertz CT molecular complexity index is 767. The SMILES string of the molecule is COc1ccc(-c2nnc3ccc(N)cn23)c(OC)c1. The van der Waals surface area contributed by atoms with Crippen LogP contribution in [0.3, 0.4) is 0 Å². The highest BCUT2D eigenvalue weighted by molar-refractivity contribution is 5.68. The summed E-state index contributed by atoms with van der Waals surface area (Å²) in [4.78, 5) is 0. The summed E-state index contributed by atoms with van der Waals surface area (Å²) in [6.07, 6.45) is 1.79. The molecule has 6 nitrogen and oxygen atoms in total. The molecule has 1 aromatic carbocycles. The highest BCUT2D eigenvalue weighted by atomic mass is 16.5. The van der Waals surface area contributed by atoms with Crippen LogP contribution >= 0.6 is 0 Å². The summed E-state index contributed by atoms with van der Waals surface area (Å²) in [6.45, 7) is 0. The number of aromatic nitrogens is 3. The second-order valence-electron chi connectivity index (χ2n) is 4.28. The number of methoxy groups -OCH3 is 2. The molecule has 0 fully saturated rings. The van der Waals surface area contributed by atoms with Crippen molar-refractivity contribution in [1.29, 1.82) is 0 Å². The summed E-state index contributed by atoms with van der Waals surface area (Å²) in [6, 6.07) is 9.16. The molecule has 3 rings (SSSR count). The van der Waals surface area contributed by atoms with Crippen molar-refractivity contribution in [3.8, 4) is 22.9 Å². The molecule has 3 aromatic rings. The molecule has 20 heavy (non-hydrogen) atoms. The predicted molar refractivity (Wildman–Crippen MR) is 75.9 cm³/mol. The summed E-state index contributed by atoms with van der Waals surface area (Å²) < 4.78 is 12.4. The Balaban J connectivity index is 2.22. The summed E-state index contributed by atoms with van der Waals surface area (Å²) in [5.41, 5.74) is 8.02. The number of nitrogens with zero attached hydrogens (tertiary/aromatic N) is 3. The largest absolute Gasteiger partial charge is 0.497 e. The minimum Gasteiger partial charge on any atom is -0.497 e. The molecule has 0 amide bonds. The maximum atomic E-state index is 5.82. The molecule has 0 aliphatic carbocycles. The third kappa shape index (κ3) is 1.91. The van der Waals surface area contributed by atoms with Crippen molar-refractivity contribution in [2.24, 2.45) is 0 Å². The number of hydrogen-bond acceptors (Lipinski definition) is 5. The third-order valence-electron chi connectivity index (χ3n) is 3.07. The van der Waals surface area contributed by atoms with E-state index in [1.807, 2.05) is 28.7 Å². The number of benzene rings is 1. The summed E-state index contributed by atoms with van der Waals surface area (Å²) in [5.74, 6) is 2.06. The Morgan fingerprint density at radius 3 is 2.65 bits per heavy atom. The lowest BCUT2D eigenvalue weighted by molar-refractivity contribution is 0.395. The zero-order valence-electron chi connectivity index (χ0n) is 11.2. The molecule has 2 heterocycles. The van der Waals surface area contributed by atoms with Crippen molar-refractivity contribution >= 4 is 11.3 Å². The summed E-state index contributed by atoms with van der Waals surface area (Å²) >= 11 is 0. The van der Waals surface area contributed by atoms with Crippen LogP contribution in [-0.4, -0.2) is 28.8 Å². The molecule has 6 heteroatoms. The van der Waals surface area contributed by atoms with E-state index in [9.17, 15) is 0 Å². The van der Waals surface area contributed by atoms with Crippen molar-refractivity contribution in [1.82, 2.24) is 14.6 Å². The van der Waals surface area contributed by atoms with E-state index in [0.29, 0.717) is 17.3 Å². The van der Waals surface area contributed by atoms with Crippen LogP contribution in [-0.2, 0) is 0 Å². The van der Waals surface area contributed by atoms with Gasteiger partial charge in [-0.3, -0.25) is 4.40 Å². The molecule has 0 radical (unpaired) electrons. The van der Waals surface area contributed by atoms with E-state index >= 15 is 0 Å². The van der Waals surface area contributed by atoms with Crippen molar-refractivity contribution < 1.29 is 9.47 Å². The van der Waals surface area contributed by atoms with Gasteiger partial charge in [-0.1, -0.05) is 0 Å². The van der Waals surface area contributed by atoms with Gasteiger partial charge in [0.25, 0.3) is 0 Å². The predicted octanol–water partition coefficient (Wildman–Crippen LogP) is 2.00. The zero-order chi connectivity index (χ0) is 14.1. The molecule has 0 spiro atoms. The van der Waals surface area contributed by atoms with Gasteiger partial charge in [-0.05, 0) is 24.3 Å². The van der Waals surface area contributed by atoms with Crippen LogP contribution in [0.15, 0.2) is 36.5 Å². The number of nitrogen functional groups attached to an aromatic ring is 1. The second-order valence-corrected chi connectivity index (χ2v) is 4.28. The van der Waals surface area contributed by atoms with Crippen molar-refractivity contribution in [3.63, 3.8) is 0 Å². The van der Waals surface area contributed by atoms with Crippen LogP contribution in [0, 0.1) is 0 Å². The smallest absolute Gasteiger partial charge is 0.172 e. The molecule has 0 saturated carbocycles. The lowest BCUT2D eigenvalue weighted by Crippen LogP contribution is -1.96. The maximum absolute atomic E-state index is 5.82. The average molecular weight is 270 g/mol. The average Bonchev–Trinajstić information content (AvgIpc) is 2.89. The molecular weight excluding hydrogens is 256 g/mol. The number of fused-ring (bicyclic) bond motifs is 1. The van der Waals surface area contributed by atoms with Crippen LogP contribution in [0.1, 0.15) is 0 Å². The van der Waals surface area contributed by atoms with Gasteiger partial charge in [-0.15, -0.1) is 10.2 Å². The van der Waals surface area contributed by atoms with E-state index in [2.05, 4.69) is 10.2 Å². The van der Waals surface area contributed by atoms with E-state index in [1.165, 1.54) is 0 Å². The first-order chi connectivity index (χ1) is 9.72. The first kappa shape index (κ1) is 12.3. The van der Waals surface area contributed by atoms with Crippen LogP contribution < -0.4 is 15.2 Å². The number of hydrogen-bond donors (Lipinski definition) is 1. The minimum atomic E-state index is 0.644. The van der Waals surface area contributed by atoms with E-state index in [4.69, 9.17) is 15.2 Å². The standard InChI is InChI=1S/C14H14N4O2/c1-19-10-4-5-11(12(7-10)20-2)14-17-16-13-6-3-9(15)8-18(13)14/h3-8H,15H2,1-2H3. The first-order valence-corrected chi connectivity index (χ1v) is 6.05. The Hall–Kier alpha value is -2.76. The van der Waals surface area contributed by atoms with E-state index in [-0.39, 0.29) is 0 Å². The first-order valence-electron chi connectivity index (χ1n) is 6.05. The molecule has 0 aliphatic rings. The van der Waals surface area contributed by atoms with Crippen molar-refractivity contribution in [2.45, 2.75) is 0 Å². The highest BCUT2D eigenvalue weighted by Crippen LogP contribution is 2.32. The molecule has 0 aliphatic heterocycles. The van der Waals surface area contributed by atoms with Gasteiger partial charge >= 0.3 is 0 Å². The fourth-order valence-electron chi connectivity index (χ4n) is 2.07. The maximum Gasteiger partial charge on any atom is 0.172 e. The molecule has 0 saturated heterocycles. The van der Waals surface area contributed by atoms with Crippen LogP contribution in [0.25, 0.3) is 17.0 Å². The summed E-state index contributed by atoms with van der Waals surface area (Å²) in [7, 11) is 3.22. The van der Waals surface area contributed by atoms with Gasteiger partial charge < -0.3 is 15.2 Å². The Kier molecular flexibility index (Phi) is 2.90. The molecule has 102 valence electrons. The zero-order valence-corrected chi connectivity index (χ0v) is 11.2. The lowest BCUT2D eigenvalue weighted by atomic mass is 10.1. The number of nitrogens with two attached hydrogens (primary N) is 1. The Morgan fingerprint density at radius 2 is 1.90 bits per heavy atom. The summed E-state index contributed by atoms with van der Waals surface area (Å²) in [5, 5.41) is 8.33. The quantitative estimate of drug-likeness (QED) is 0.787. The van der Waals surface area contributed by atoms with E-state index in [0.717, 1.165) is 17.0 Å². The molecule has 0 bridgehead atoms. The second kappa shape index (κ2) is 4.73. The molecule has 2 N–H and O–H groups in total. The monoisotopic (exact) mass is 270 g/mol. The number of rotatable bonds is 3. The van der Waals surface area contributed by atoms with E-state index in [1.54, 1.807) is 26.5 Å². The van der Waals surface area contributed by atoms with Crippen LogP contribution in [0.2, 0.25) is 0 Å². The lowest BCUT2D eigenvalue weighted by Gasteiger charge is -2.09. The Labute approximate surface area is 115 Å². The highest BCUT2D eigenvalue weighted by Gasteiger charge is 2.14. The van der Waals surface area contributed by atoms with Gasteiger partial charge in [0.15, 0.2) is 11.5 Å². The Morgan fingerprint density at radius 1 is 1.05 bits per heavy atom. The number of anilines is 1. The van der Waals surface area contributed by atoms with Crippen LogP contribution in [0.5, 0.6) is 11.5 Å². The van der Waals surface area contributed by atoms with Gasteiger partial charge in [0.2, 0.25) is 0 Å². The van der Waals surface area contributed by atoms with Gasteiger partial charge in [-0.25, -0.2) is 0 Å². The fourth-order valence-corrected chi connectivity index (χ4v) is 2.07. The van der Waals surface area contributed by atoms with Gasteiger partial charge in [0.05, 0.1) is 19.8 Å². The molecular formula is C14H14N4O2. The minimum absolute atomic E-state index is 0.644.